The van der Waals surface area contributed by atoms with E-state index in [9.17, 15) is 29.4 Å². The molecule has 0 radical (unpaired) electrons. The van der Waals surface area contributed by atoms with Gasteiger partial charge in [0, 0.05) is 12.3 Å². The number of nitrogens with one attached hydrogen (secondary N) is 1. The molecule has 1 aromatic rings. The van der Waals surface area contributed by atoms with Gasteiger partial charge in [-0.2, -0.15) is 0 Å². The van der Waals surface area contributed by atoms with E-state index in [4.69, 9.17) is 4.74 Å². The molecule has 1 aliphatic heterocycles. The molecule has 1 aromatic heterocycles. The van der Waals surface area contributed by atoms with E-state index in [1.807, 2.05) is 4.98 Å². The first-order valence-corrected chi connectivity index (χ1v) is 6.63. The molecule has 1 saturated heterocycles. The van der Waals surface area contributed by atoms with Crippen LogP contribution < -0.4 is 11.2 Å². The molecule has 4 atom stereocenters. The molecule has 2 heterocycles. The molecular formula is C13H15FN2O7. The van der Waals surface area contributed by atoms with Crippen LogP contribution in [0, 0.1) is 0 Å². The lowest BCUT2D eigenvalue weighted by Gasteiger charge is -2.36. The minimum absolute atomic E-state index is 0.400. The number of ether oxygens (including phenoxy) is 1. The topological polar surface area (TPSA) is 139 Å². The summed E-state index contributed by atoms with van der Waals surface area (Å²) in [5, 5.41) is 19.3. The van der Waals surface area contributed by atoms with E-state index in [0.29, 0.717) is 4.57 Å². The van der Waals surface area contributed by atoms with Gasteiger partial charge in [-0.05, 0) is 13.8 Å². The molecule has 1 aliphatic rings. The fourth-order valence-corrected chi connectivity index (χ4v) is 2.82. The van der Waals surface area contributed by atoms with Crippen LogP contribution in [0.4, 0.5) is 4.39 Å². The van der Waals surface area contributed by atoms with Crippen LogP contribution in [0.5, 0.6) is 0 Å². The SMILES string of the molecule is CC(=O)[C@@]1(F)[C@H](O)[C@@H](CO)O[C@@]1(C(C)=O)n1ccc(=O)[nH]c1=O. The van der Waals surface area contributed by atoms with E-state index < -0.39 is 53.0 Å². The summed E-state index contributed by atoms with van der Waals surface area (Å²) in [7, 11) is 0. The number of halogens is 1. The minimum Gasteiger partial charge on any atom is -0.394 e. The van der Waals surface area contributed by atoms with Crippen molar-refractivity contribution in [2.75, 3.05) is 6.61 Å². The summed E-state index contributed by atoms with van der Waals surface area (Å²) in [6, 6.07) is 0.828. The molecule has 2 rings (SSSR count). The Kier molecular flexibility index (Phi) is 4.09. The smallest absolute Gasteiger partial charge is 0.331 e. The zero-order valence-corrected chi connectivity index (χ0v) is 12.3. The van der Waals surface area contributed by atoms with E-state index >= 15 is 4.39 Å². The Morgan fingerprint density at radius 3 is 2.43 bits per heavy atom. The Hall–Kier alpha value is -2.17. The van der Waals surface area contributed by atoms with Gasteiger partial charge in [0.2, 0.25) is 0 Å². The zero-order valence-electron chi connectivity index (χ0n) is 12.3. The largest absolute Gasteiger partial charge is 0.394 e. The van der Waals surface area contributed by atoms with Gasteiger partial charge in [0.25, 0.3) is 17.0 Å². The maximum absolute atomic E-state index is 15.5. The first kappa shape index (κ1) is 17.2. The predicted molar refractivity (Wildman–Crippen MR) is 72.5 cm³/mol. The van der Waals surface area contributed by atoms with Crippen molar-refractivity contribution in [3.63, 3.8) is 0 Å². The maximum atomic E-state index is 15.5. The fourth-order valence-electron chi connectivity index (χ4n) is 2.82. The summed E-state index contributed by atoms with van der Waals surface area (Å²) in [6.07, 6.45) is -3.02. The van der Waals surface area contributed by atoms with Gasteiger partial charge in [-0.15, -0.1) is 0 Å². The first-order valence-electron chi connectivity index (χ1n) is 6.63. The molecule has 0 aliphatic carbocycles. The lowest BCUT2D eigenvalue weighted by Crippen LogP contribution is -2.64. The highest BCUT2D eigenvalue weighted by molar-refractivity contribution is 5.97. The highest BCUT2D eigenvalue weighted by Crippen LogP contribution is 2.47. The van der Waals surface area contributed by atoms with Gasteiger partial charge >= 0.3 is 5.69 Å². The van der Waals surface area contributed by atoms with E-state index in [-0.39, 0.29) is 0 Å². The molecule has 0 bridgehead atoms. The number of aromatic nitrogens is 2. The molecule has 9 nitrogen and oxygen atoms in total. The second-order valence-electron chi connectivity index (χ2n) is 5.23. The van der Waals surface area contributed by atoms with Crippen molar-refractivity contribution in [3.05, 3.63) is 33.1 Å². The number of hydrogen-bond donors (Lipinski definition) is 3. The summed E-state index contributed by atoms with van der Waals surface area (Å²) >= 11 is 0. The lowest BCUT2D eigenvalue weighted by molar-refractivity contribution is -0.186. The Balaban J connectivity index is 2.87. The molecule has 1 fully saturated rings. The standard InChI is InChI=1S/C13H15FN2O7/c1-6(18)12(14)10(21)8(5-17)23-13(12,7(2)19)16-4-3-9(20)15-11(16)22/h3-4,8,10,17,21H,5H2,1-2H3,(H,15,20,22)/t8-,10-,12-,13-/m1/s1. The third kappa shape index (κ3) is 2.10. The van der Waals surface area contributed by atoms with Gasteiger partial charge in [-0.3, -0.25) is 23.9 Å². The summed E-state index contributed by atoms with van der Waals surface area (Å²) in [4.78, 5) is 49.0. The van der Waals surface area contributed by atoms with Gasteiger partial charge in [-0.1, -0.05) is 0 Å². The molecule has 0 amide bonds. The molecular weight excluding hydrogens is 315 g/mol. The Morgan fingerprint density at radius 1 is 1.39 bits per heavy atom. The van der Waals surface area contributed by atoms with E-state index in [2.05, 4.69) is 0 Å². The number of ketones is 2. The maximum Gasteiger partial charge on any atom is 0.331 e. The molecule has 0 spiro atoms. The highest BCUT2D eigenvalue weighted by Gasteiger charge is 2.73. The van der Waals surface area contributed by atoms with Crippen molar-refractivity contribution in [3.8, 4) is 0 Å². The number of aliphatic hydroxyl groups excluding tert-OH is 2. The van der Waals surface area contributed by atoms with Gasteiger partial charge in [0.05, 0.1) is 6.61 Å². The number of alkyl halides is 1. The lowest BCUT2D eigenvalue weighted by atomic mass is 9.82. The number of Topliss-reactive ketones (excluding diaryl/α,β-unsaturated/α-hetero) is 2. The Labute approximate surface area is 128 Å². The highest BCUT2D eigenvalue weighted by atomic mass is 19.1. The number of rotatable bonds is 4. The van der Waals surface area contributed by atoms with Crippen molar-refractivity contribution >= 4 is 11.6 Å². The summed E-state index contributed by atoms with van der Waals surface area (Å²) in [6.45, 7) is 0.745. The third-order valence-corrected chi connectivity index (χ3v) is 3.91. The molecule has 23 heavy (non-hydrogen) atoms. The molecule has 3 N–H and O–H groups in total. The summed E-state index contributed by atoms with van der Waals surface area (Å²) in [5.74, 6) is -2.37. The van der Waals surface area contributed by atoms with Crippen molar-refractivity contribution in [1.82, 2.24) is 9.55 Å². The van der Waals surface area contributed by atoms with Crippen molar-refractivity contribution in [2.24, 2.45) is 0 Å². The zero-order chi connectivity index (χ0) is 17.6. The number of carbonyl (C=O) groups is 2. The summed E-state index contributed by atoms with van der Waals surface area (Å²) < 4.78 is 21.0. The number of nitrogens with zero attached hydrogens (tertiary/aromatic N) is 1. The van der Waals surface area contributed by atoms with Gasteiger partial charge in [0.1, 0.15) is 12.2 Å². The van der Waals surface area contributed by atoms with Crippen LogP contribution in [-0.4, -0.2) is 55.8 Å². The third-order valence-electron chi connectivity index (χ3n) is 3.91. The predicted octanol–water partition coefficient (Wildman–Crippen LogP) is -2.17. The molecule has 0 aromatic carbocycles. The van der Waals surface area contributed by atoms with Gasteiger partial charge < -0.3 is 14.9 Å². The van der Waals surface area contributed by atoms with Crippen molar-refractivity contribution < 1.29 is 28.9 Å². The normalized spacial score (nSPS) is 33.6. The van der Waals surface area contributed by atoms with Gasteiger partial charge in [0.15, 0.2) is 11.6 Å². The van der Waals surface area contributed by atoms with Crippen LogP contribution in [-0.2, 0) is 20.1 Å². The summed E-state index contributed by atoms with van der Waals surface area (Å²) in [5.41, 5.74) is -8.18. The molecule has 0 unspecified atom stereocenters. The average Bonchev–Trinajstić information content (AvgIpc) is 2.70. The molecule has 10 heteroatoms. The van der Waals surface area contributed by atoms with Crippen LogP contribution >= 0.6 is 0 Å². The van der Waals surface area contributed by atoms with E-state index in [0.717, 1.165) is 26.1 Å². The number of hydrogen-bond acceptors (Lipinski definition) is 7. The van der Waals surface area contributed by atoms with Crippen LogP contribution in [0.1, 0.15) is 13.8 Å². The van der Waals surface area contributed by atoms with Crippen LogP contribution in [0.2, 0.25) is 0 Å². The monoisotopic (exact) mass is 330 g/mol. The second-order valence-corrected chi connectivity index (χ2v) is 5.23. The first-order chi connectivity index (χ1) is 10.6. The minimum atomic E-state index is -3.33. The second kappa shape index (κ2) is 5.48. The van der Waals surface area contributed by atoms with Crippen LogP contribution in [0.25, 0.3) is 0 Å². The molecule has 0 saturated carbocycles. The van der Waals surface area contributed by atoms with Crippen molar-refractivity contribution in [2.45, 2.75) is 37.4 Å². The van der Waals surface area contributed by atoms with Crippen LogP contribution in [0.15, 0.2) is 21.9 Å². The number of H-pyrrole nitrogens is 1. The average molecular weight is 330 g/mol. The Bertz CT molecular complexity index is 772. The molecule has 126 valence electrons. The quantitative estimate of drug-likeness (QED) is 0.571. The van der Waals surface area contributed by atoms with Crippen molar-refractivity contribution in [1.29, 1.82) is 0 Å². The fraction of sp³-hybridized carbons (Fsp3) is 0.538. The Morgan fingerprint density at radius 2 is 2.00 bits per heavy atom. The van der Waals surface area contributed by atoms with E-state index in [1.54, 1.807) is 0 Å². The number of carbonyl (C=O) groups excluding carboxylic acids is 2. The van der Waals surface area contributed by atoms with Gasteiger partial charge in [-0.25, -0.2) is 9.18 Å². The number of aliphatic hydroxyl groups is 2. The van der Waals surface area contributed by atoms with E-state index in [1.165, 1.54) is 0 Å². The van der Waals surface area contributed by atoms with Crippen LogP contribution in [0.3, 0.4) is 0 Å². The number of aromatic amines is 1.